The highest BCUT2D eigenvalue weighted by Gasteiger charge is 2.33. The normalized spacial score (nSPS) is 23.3. The Hall–Kier alpha value is -2.41. The highest BCUT2D eigenvalue weighted by atomic mass is 16.5. The molecule has 7 heteroatoms. The summed E-state index contributed by atoms with van der Waals surface area (Å²) in [5, 5.41) is 3.88. The van der Waals surface area contributed by atoms with Gasteiger partial charge in [-0.2, -0.15) is 0 Å². The highest BCUT2D eigenvalue weighted by Crippen LogP contribution is 2.22. The minimum Gasteiger partial charge on any atom is -0.368 e. The number of rotatable bonds is 4. The molecule has 1 unspecified atom stereocenters. The Morgan fingerprint density at radius 2 is 2.23 bits per heavy atom. The van der Waals surface area contributed by atoms with Crippen LogP contribution in [-0.4, -0.2) is 58.5 Å². The Bertz CT molecular complexity index is 764. The maximum atomic E-state index is 12.7. The van der Waals surface area contributed by atoms with Crippen LogP contribution in [0.4, 0.5) is 0 Å². The van der Waals surface area contributed by atoms with E-state index in [0.717, 1.165) is 44.0 Å². The van der Waals surface area contributed by atoms with Crippen molar-refractivity contribution in [2.24, 2.45) is 0 Å². The van der Waals surface area contributed by atoms with Gasteiger partial charge in [-0.25, -0.2) is 4.98 Å². The van der Waals surface area contributed by atoms with Crippen molar-refractivity contribution < 1.29 is 14.3 Å². The zero-order valence-electron chi connectivity index (χ0n) is 14.7. The number of hydrogen-bond acceptors (Lipinski definition) is 4. The van der Waals surface area contributed by atoms with Crippen LogP contribution in [0.1, 0.15) is 42.6 Å². The van der Waals surface area contributed by atoms with E-state index in [0.29, 0.717) is 24.5 Å². The van der Waals surface area contributed by atoms with Crippen molar-refractivity contribution in [3.63, 3.8) is 0 Å². The molecule has 2 N–H and O–H groups in total. The van der Waals surface area contributed by atoms with Crippen LogP contribution in [0.3, 0.4) is 0 Å². The summed E-state index contributed by atoms with van der Waals surface area (Å²) in [5.74, 6) is -0.0886. The minimum absolute atomic E-state index is 0.0342. The summed E-state index contributed by atoms with van der Waals surface area (Å²) in [7, 11) is 0. The van der Waals surface area contributed by atoms with Gasteiger partial charge in [-0.15, -0.1) is 0 Å². The molecule has 4 heterocycles. The average Bonchev–Trinajstić information content (AvgIpc) is 3.35. The molecule has 2 amide bonds. The largest absolute Gasteiger partial charge is 0.368 e. The van der Waals surface area contributed by atoms with Gasteiger partial charge in [0.15, 0.2) is 0 Å². The number of nitrogens with one attached hydrogen (secondary N) is 2. The van der Waals surface area contributed by atoms with Crippen molar-refractivity contribution in [1.82, 2.24) is 20.2 Å². The van der Waals surface area contributed by atoms with E-state index in [4.69, 9.17) is 4.74 Å². The molecule has 2 aromatic heterocycles. The topological polar surface area (TPSA) is 87.3 Å². The van der Waals surface area contributed by atoms with E-state index >= 15 is 0 Å². The molecular weight excluding hydrogens is 332 g/mol. The number of hydrogen-bond donors (Lipinski definition) is 2. The van der Waals surface area contributed by atoms with Crippen molar-refractivity contribution >= 4 is 22.8 Å². The Morgan fingerprint density at radius 1 is 1.31 bits per heavy atom. The Kier molecular flexibility index (Phi) is 4.88. The summed E-state index contributed by atoms with van der Waals surface area (Å²) in [5.41, 5.74) is 1.19. The van der Waals surface area contributed by atoms with Crippen molar-refractivity contribution in [2.45, 2.75) is 44.2 Å². The lowest BCUT2D eigenvalue weighted by Crippen LogP contribution is -2.52. The van der Waals surface area contributed by atoms with E-state index in [2.05, 4.69) is 15.3 Å². The number of H-pyrrole nitrogens is 1. The number of nitrogens with zero attached hydrogens (tertiary/aromatic N) is 2. The van der Waals surface area contributed by atoms with E-state index < -0.39 is 0 Å². The third kappa shape index (κ3) is 3.44. The van der Waals surface area contributed by atoms with E-state index in [9.17, 15) is 9.59 Å². The maximum Gasteiger partial charge on any atom is 0.267 e. The number of likely N-dealkylation sites (tertiary alicyclic amines) is 1. The third-order valence-electron chi connectivity index (χ3n) is 5.25. The average molecular weight is 356 g/mol. The van der Waals surface area contributed by atoms with Gasteiger partial charge in [-0.3, -0.25) is 9.59 Å². The van der Waals surface area contributed by atoms with Gasteiger partial charge < -0.3 is 19.9 Å². The number of ether oxygens (including phenoxy) is 1. The molecule has 0 radical (unpaired) electrons. The molecule has 138 valence electrons. The number of pyridine rings is 1. The molecule has 2 aromatic rings. The molecule has 26 heavy (non-hydrogen) atoms. The summed E-state index contributed by atoms with van der Waals surface area (Å²) in [6, 6.07) is 5.59. The van der Waals surface area contributed by atoms with E-state index in [1.54, 1.807) is 12.3 Å². The summed E-state index contributed by atoms with van der Waals surface area (Å²) in [6.45, 7) is 1.87. The Balaban J connectivity index is 1.39. The number of aromatic nitrogens is 2. The minimum atomic E-state index is -0.300. The molecule has 0 aliphatic carbocycles. The Morgan fingerprint density at radius 3 is 3.04 bits per heavy atom. The van der Waals surface area contributed by atoms with Crippen molar-refractivity contribution in [3.05, 3.63) is 30.1 Å². The third-order valence-corrected chi connectivity index (χ3v) is 5.25. The maximum absolute atomic E-state index is 12.7. The molecule has 2 fully saturated rings. The monoisotopic (exact) mass is 356 g/mol. The van der Waals surface area contributed by atoms with Crippen LogP contribution in [0.2, 0.25) is 0 Å². The van der Waals surface area contributed by atoms with Gasteiger partial charge in [-0.1, -0.05) is 0 Å². The molecule has 0 spiro atoms. The number of aromatic amines is 1. The molecule has 0 aromatic carbocycles. The van der Waals surface area contributed by atoms with E-state index in [-0.39, 0.29) is 24.0 Å². The number of carbonyl (C=O) groups excluding carboxylic acids is 2. The van der Waals surface area contributed by atoms with E-state index in [1.165, 1.54) is 0 Å². The summed E-state index contributed by atoms with van der Waals surface area (Å²) in [4.78, 5) is 34.4. The molecule has 7 nitrogen and oxygen atoms in total. The van der Waals surface area contributed by atoms with Crippen LogP contribution < -0.4 is 5.32 Å². The van der Waals surface area contributed by atoms with Gasteiger partial charge in [0.05, 0.1) is 0 Å². The first-order valence-electron chi connectivity index (χ1n) is 9.36. The van der Waals surface area contributed by atoms with Gasteiger partial charge in [0.2, 0.25) is 0 Å². The number of fused-ring (bicyclic) bond motifs is 1. The molecular formula is C19H24N4O3. The second kappa shape index (κ2) is 7.45. The first-order valence-corrected chi connectivity index (χ1v) is 9.36. The second-order valence-corrected chi connectivity index (χ2v) is 7.02. The van der Waals surface area contributed by atoms with Gasteiger partial charge in [-0.05, 0) is 50.3 Å². The Labute approximate surface area is 152 Å². The first kappa shape index (κ1) is 17.0. The summed E-state index contributed by atoms with van der Waals surface area (Å²) >= 11 is 0. The van der Waals surface area contributed by atoms with Crippen LogP contribution in [0.25, 0.3) is 11.0 Å². The molecule has 4 rings (SSSR count). The lowest BCUT2D eigenvalue weighted by molar-refractivity contribution is -0.144. The first-order chi connectivity index (χ1) is 12.7. The van der Waals surface area contributed by atoms with Crippen LogP contribution in [0.5, 0.6) is 0 Å². The standard InChI is InChI=1S/C19H24N4O3/c24-18(15-11-13-5-3-8-20-17(13)22-15)21-12-14-6-1-2-9-23(14)19(25)16-7-4-10-26-16/h3,5,8,11,14,16H,1-2,4,6-7,9-10,12H2,(H,20,22)(H,21,24)/t14-,16?/m1/s1. The molecule has 0 saturated carbocycles. The van der Waals surface area contributed by atoms with Crippen LogP contribution >= 0.6 is 0 Å². The molecule has 2 atom stereocenters. The van der Waals surface area contributed by atoms with Gasteiger partial charge >= 0.3 is 0 Å². The van der Waals surface area contributed by atoms with Gasteiger partial charge in [0, 0.05) is 37.3 Å². The predicted octanol–water partition coefficient (Wildman–Crippen LogP) is 1.85. The molecule has 2 aliphatic rings. The molecule has 2 saturated heterocycles. The number of carbonyl (C=O) groups is 2. The second-order valence-electron chi connectivity index (χ2n) is 7.02. The molecule has 0 bridgehead atoms. The lowest BCUT2D eigenvalue weighted by Gasteiger charge is -2.37. The van der Waals surface area contributed by atoms with Crippen LogP contribution in [0, 0.1) is 0 Å². The highest BCUT2D eigenvalue weighted by molar-refractivity contribution is 5.97. The van der Waals surface area contributed by atoms with Crippen LogP contribution in [0.15, 0.2) is 24.4 Å². The summed E-state index contributed by atoms with van der Waals surface area (Å²) < 4.78 is 5.55. The SMILES string of the molecule is O=C(NC[C@H]1CCCCN1C(=O)C1CCCO1)c1cc2cccnc2[nH]1. The van der Waals surface area contributed by atoms with Crippen molar-refractivity contribution in [1.29, 1.82) is 0 Å². The van der Waals surface area contributed by atoms with Crippen molar-refractivity contribution in [3.8, 4) is 0 Å². The fourth-order valence-electron chi connectivity index (χ4n) is 3.85. The number of piperidine rings is 1. The van der Waals surface area contributed by atoms with Gasteiger partial charge in [0.1, 0.15) is 17.4 Å². The van der Waals surface area contributed by atoms with Gasteiger partial charge in [0.25, 0.3) is 11.8 Å². The van der Waals surface area contributed by atoms with Crippen molar-refractivity contribution in [2.75, 3.05) is 19.7 Å². The zero-order valence-corrected chi connectivity index (χ0v) is 14.7. The zero-order chi connectivity index (χ0) is 17.9. The van der Waals surface area contributed by atoms with E-state index in [1.807, 2.05) is 17.0 Å². The molecule has 2 aliphatic heterocycles. The fourth-order valence-corrected chi connectivity index (χ4v) is 3.85. The van der Waals surface area contributed by atoms with Crippen LogP contribution in [-0.2, 0) is 9.53 Å². The lowest BCUT2D eigenvalue weighted by atomic mass is 10.0. The number of amides is 2. The summed E-state index contributed by atoms with van der Waals surface area (Å²) in [6.07, 6.45) is 6.13. The smallest absolute Gasteiger partial charge is 0.267 e. The fraction of sp³-hybridized carbons (Fsp3) is 0.526. The predicted molar refractivity (Wildman–Crippen MR) is 96.8 cm³/mol. The quantitative estimate of drug-likeness (QED) is 0.875.